The standard InChI is InChI=1S/C20H20ClNO7/c1-11(22-10-15(23)13-4-2-3-5-14(13)21)8-12-6-7-16-17(9-12)29-20(28-16,18(24)25)19(26)27/h2-7,9,11,15,22-23H,8,10H2,1H3,(H,24,25)(H,26,27). The highest BCUT2D eigenvalue weighted by Gasteiger charge is 2.57. The Labute approximate surface area is 171 Å². The number of carbonyl (C=O) groups is 2. The summed E-state index contributed by atoms with van der Waals surface area (Å²) in [6.07, 6.45) is -0.242. The van der Waals surface area contributed by atoms with Gasteiger partial charge in [0.15, 0.2) is 11.5 Å². The van der Waals surface area contributed by atoms with E-state index in [1.165, 1.54) is 6.07 Å². The van der Waals surface area contributed by atoms with Gasteiger partial charge < -0.3 is 30.1 Å². The molecule has 0 aromatic heterocycles. The number of nitrogens with one attached hydrogen (secondary N) is 1. The molecule has 2 aromatic rings. The fraction of sp³-hybridized carbons (Fsp3) is 0.300. The smallest absolute Gasteiger partial charge is 0.453 e. The number of hydrogen-bond acceptors (Lipinski definition) is 6. The predicted molar refractivity (Wildman–Crippen MR) is 103 cm³/mol. The lowest BCUT2D eigenvalue weighted by Gasteiger charge is -2.18. The SMILES string of the molecule is CC(Cc1ccc2c(c1)OC(C(=O)O)(C(=O)O)O2)NCC(O)c1ccccc1Cl. The molecule has 154 valence electrons. The molecule has 29 heavy (non-hydrogen) atoms. The van der Waals surface area contributed by atoms with Gasteiger partial charge in [0.05, 0.1) is 6.10 Å². The lowest BCUT2D eigenvalue weighted by Crippen LogP contribution is -2.54. The number of fused-ring (bicyclic) bond motifs is 1. The van der Waals surface area contributed by atoms with E-state index in [1.54, 1.807) is 36.4 Å². The van der Waals surface area contributed by atoms with Crippen LogP contribution in [-0.2, 0) is 16.0 Å². The number of benzene rings is 2. The summed E-state index contributed by atoms with van der Waals surface area (Å²) in [6, 6.07) is 11.7. The highest BCUT2D eigenvalue weighted by Crippen LogP contribution is 2.40. The van der Waals surface area contributed by atoms with Crippen molar-refractivity contribution in [1.29, 1.82) is 0 Å². The number of ether oxygens (including phenoxy) is 2. The number of aliphatic hydroxyl groups excluding tert-OH is 1. The Morgan fingerprint density at radius 1 is 1.10 bits per heavy atom. The number of aliphatic carboxylic acids is 2. The monoisotopic (exact) mass is 421 g/mol. The summed E-state index contributed by atoms with van der Waals surface area (Å²) in [5.74, 6) is -6.16. The molecule has 2 unspecified atom stereocenters. The van der Waals surface area contributed by atoms with Gasteiger partial charge in [-0.15, -0.1) is 0 Å². The Balaban J connectivity index is 1.62. The van der Waals surface area contributed by atoms with Crippen molar-refractivity contribution in [3.63, 3.8) is 0 Å². The summed E-state index contributed by atoms with van der Waals surface area (Å²) in [4.78, 5) is 22.6. The maximum Gasteiger partial charge on any atom is 0.453 e. The van der Waals surface area contributed by atoms with Crippen LogP contribution in [0, 0.1) is 0 Å². The first-order valence-electron chi connectivity index (χ1n) is 8.86. The van der Waals surface area contributed by atoms with Gasteiger partial charge in [0, 0.05) is 23.2 Å². The summed E-state index contributed by atoms with van der Waals surface area (Å²) in [5.41, 5.74) is 1.42. The fourth-order valence-corrected chi connectivity index (χ4v) is 3.30. The summed E-state index contributed by atoms with van der Waals surface area (Å²) >= 11 is 6.09. The van der Waals surface area contributed by atoms with Crippen molar-refractivity contribution in [2.45, 2.75) is 31.3 Å². The van der Waals surface area contributed by atoms with Gasteiger partial charge in [0.2, 0.25) is 0 Å². The third-order valence-electron chi connectivity index (χ3n) is 4.54. The second kappa shape index (κ2) is 8.28. The van der Waals surface area contributed by atoms with E-state index in [2.05, 4.69) is 5.32 Å². The Morgan fingerprint density at radius 3 is 2.41 bits per heavy atom. The molecular weight excluding hydrogens is 402 g/mol. The van der Waals surface area contributed by atoms with E-state index in [0.29, 0.717) is 17.0 Å². The molecule has 0 aliphatic carbocycles. The third-order valence-corrected chi connectivity index (χ3v) is 4.89. The largest absolute Gasteiger partial charge is 0.475 e. The van der Waals surface area contributed by atoms with E-state index < -0.39 is 23.8 Å². The van der Waals surface area contributed by atoms with Crippen molar-refractivity contribution in [3.8, 4) is 11.5 Å². The van der Waals surface area contributed by atoms with E-state index >= 15 is 0 Å². The number of halogens is 1. The van der Waals surface area contributed by atoms with E-state index in [4.69, 9.17) is 21.1 Å². The maximum atomic E-state index is 11.3. The topological polar surface area (TPSA) is 125 Å². The fourth-order valence-electron chi connectivity index (χ4n) is 3.03. The summed E-state index contributed by atoms with van der Waals surface area (Å²) in [5, 5.41) is 32.4. The minimum Gasteiger partial charge on any atom is -0.475 e. The van der Waals surface area contributed by atoms with Gasteiger partial charge in [0.1, 0.15) is 0 Å². The van der Waals surface area contributed by atoms with E-state index in [-0.39, 0.29) is 24.1 Å². The van der Waals surface area contributed by atoms with Gasteiger partial charge in [-0.1, -0.05) is 35.9 Å². The first-order valence-corrected chi connectivity index (χ1v) is 9.24. The van der Waals surface area contributed by atoms with Gasteiger partial charge in [0.25, 0.3) is 0 Å². The molecular formula is C20H20ClNO7. The minimum atomic E-state index is -2.77. The summed E-state index contributed by atoms with van der Waals surface area (Å²) in [6.45, 7) is 2.21. The zero-order chi connectivity index (χ0) is 21.2. The zero-order valence-electron chi connectivity index (χ0n) is 15.5. The van der Waals surface area contributed by atoms with Gasteiger partial charge >= 0.3 is 17.7 Å². The minimum absolute atomic E-state index is 0.0452. The molecule has 4 N–H and O–H groups in total. The molecule has 2 aromatic carbocycles. The number of carboxylic acid groups (broad SMARTS) is 2. The van der Waals surface area contributed by atoms with Crippen LogP contribution in [-0.4, -0.2) is 45.6 Å². The Kier molecular flexibility index (Phi) is 5.97. The van der Waals surface area contributed by atoms with Crippen molar-refractivity contribution in [3.05, 3.63) is 58.6 Å². The predicted octanol–water partition coefficient (Wildman–Crippen LogP) is 2.23. The molecule has 0 radical (unpaired) electrons. The average molecular weight is 422 g/mol. The molecule has 0 amide bonds. The van der Waals surface area contributed by atoms with Gasteiger partial charge in [-0.25, -0.2) is 9.59 Å². The van der Waals surface area contributed by atoms with Crippen LogP contribution in [0.15, 0.2) is 42.5 Å². The Morgan fingerprint density at radius 2 is 1.76 bits per heavy atom. The van der Waals surface area contributed by atoms with Crippen LogP contribution in [0.5, 0.6) is 11.5 Å². The van der Waals surface area contributed by atoms with Crippen LogP contribution < -0.4 is 14.8 Å². The molecule has 3 rings (SSSR count). The molecule has 1 aliphatic heterocycles. The quantitative estimate of drug-likeness (QED) is 0.478. The Hall–Kier alpha value is -2.81. The van der Waals surface area contributed by atoms with Crippen molar-refractivity contribution < 1.29 is 34.4 Å². The molecule has 0 saturated carbocycles. The molecule has 1 heterocycles. The zero-order valence-corrected chi connectivity index (χ0v) is 16.2. The van der Waals surface area contributed by atoms with Gasteiger partial charge in [-0.3, -0.25) is 0 Å². The van der Waals surface area contributed by atoms with Crippen LogP contribution in [0.2, 0.25) is 5.02 Å². The first-order chi connectivity index (χ1) is 13.7. The molecule has 0 saturated heterocycles. The second-order valence-corrected chi connectivity index (χ2v) is 7.17. The molecule has 0 fully saturated rings. The number of rotatable bonds is 8. The second-order valence-electron chi connectivity index (χ2n) is 6.76. The average Bonchev–Trinajstić information content (AvgIpc) is 3.07. The van der Waals surface area contributed by atoms with Crippen LogP contribution in [0.4, 0.5) is 0 Å². The van der Waals surface area contributed by atoms with E-state index in [9.17, 15) is 24.9 Å². The van der Waals surface area contributed by atoms with Crippen LogP contribution in [0.1, 0.15) is 24.2 Å². The van der Waals surface area contributed by atoms with Crippen LogP contribution >= 0.6 is 11.6 Å². The molecule has 0 spiro atoms. The van der Waals surface area contributed by atoms with Crippen molar-refractivity contribution in [2.75, 3.05) is 6.54 Å². The third kappa shape index (κ3) is 4.29. The van der Waals surface area contributed by atoms with Gasteiger partial charge in [-0.2, -0.15) is 0 Å². The van der Waals surface area contributed by atoms with E-state index in [1.807, 2.05) is 6.92 Å². The van der Waals surface area contributed by atoms with Crippen LogP contribution in [0.25, 0.3) is 0 Å². The molecule has 0 bridgehead atoms. The number of carboxylic acids is 2. The van der Waals surface area contributed by atoms with Gasteiger partial charge in [-0.05, 0) is 37.1 Å². The van der Waals surface area contributed by atoms with Crippen molar-refractivity contribution in [2.24, 2.45) is 0 Å². The molecule has 1 aliphatic rings. The molecule has 2 atom stereocenters. The normalized spacial score (nSPS) is 16.2. The Bertz CT molecular complexity index is 919. The summed E-state index contributed by atoms with van der Waals surface area (Å²) < 4.78 is 10.1. The van der Waals surface area contributed by atoms with Crippen molar-refractivity contribution >= 4 is 23.5 Å². The van der Waals surface area contributed by atoms with Crippen LogP contribution in [0.3, 0.4) is 0 Å². The lowest BCUT2D eigenvalue weighted by atomic mass is 10.1. The first kappa shape index (κ1) is 20.9. The highest BCUT2D eigenvalue weighted by molar-refractivity contribution is 6.31. The lowest BCUT2D eigenvalue weighted by molar-refractivity contribution is -0.194. The van der Waals surface area contributed by atoms with E-state index in [0.717, 1.165) is 5.56 Å². The molecule has 8 nitrogen and oxygen atoms in total. The molecule has 9 heteroatoms. The van der Waals surface area contributed by atoms with Crippen molar-refractivity contribution in [1.82, 2.24) is 5.32 Å². The maximum absolute atomic E-state index is 11.3. The summed E-state index contributed by atoms with van der Waals surface area (Å²) in [7, 11) is 0. The number of aliphatic hydroxyl groups is 1. The number of hydrogen-bond donors (Lipinski definition) is 4. The highest BCUT2D eigenvalue weighted by atomic mass is 35.5.